The van der Waals surface area contributed by atoms with Gasteiger partial charge < -0.3 is 9.31 Å². The van der Waals surface area contributed by atoms with Crippen molar-refractivity contribution in [2.75, 3.05) is 0 Å². The normalized spacial score (nSPS) is 17.8. The number of aromatic nitrogens is 6. The Morgan fingerprint density at radius 1 is 0.569 bits per heavy atom. The second kappa shape index (κ2) is 18.9. The van der Waals surface area contributed by atoms with Crippen molar-refractivity contribution < 1.29 is 54.8 Å². The third-order valence-corrected chi connectivity index (χ3v) is 13.1. The van der Waals surface area contributed by atoms with Crippen molar-refractivity contribution >= 4 is 47.8 Å². The molecule has 370 valence electrons. The molecule has 6 aromatic rings. The number of halogens is 7. The summed E-state index contributed by atoms with van der Waals surface area (Å²) in [6.07, 6.45) is -0.587. The van der Waals surface area contributed by atoms with Crippen LogP contribution in [0.5, 0.6) is 0 Å². The minimum absolute atomic E-state index is 0.0264. The van der Waals surface area contributed by atoms with Gasteiger partial charge in [0, 0.05) is 64.1 Å². The molecule has 11 rings (SSSR count). The lowest BCUT2D eigenvalue weighted by Crippen LogP contribution is -2.41. The van der Waals surface area contributed by atoms with Crippen molar-refractivity contribution in [1.82, 2.24) is 39.7 Å². The van der Waals surface area contributed by atoms with Gasteiger partial charge in [0.1, 0.15) is 0 Å². The number of amides is 4. The van der Waals surface area contributed by atoms with Crippen LogP contribution < -0.4 is 5.46 Å². The van der Waals surface area contributed by atoms with E-state index in [-0.39, 0.29) is 30.8 Å². The van der Waals surface area contributed by atoms with Gasteiger partial charge in [-0.2, -0.15) is 26.3 Å². The number of alkyl halides is 6. The van der Waals surface area contributed by atoms with Crippen LogP contribution in [0, 0.1) is 0 Å². The van der Waals surface area contributed by atoms with E-state index in [0.717, 1.165) is 66.8 Å². The van der Waals surface area contributed by atoms with E-state index in [1.54, 1.807) is 66.7 Å². The fraction of sp³-hybridized carbons (Fsp3) is 0.320. The van der Waals surface area contributed by atoms with Crippen molar-refractivity contribution in [3.63, 3.8) is 0 Å². The van der Waals surface area contributed by atoms with Crippen LogP contribution in [-0.2, 0) is 34.8 Å². The lowest BCUT2D eigenvalue weighted by atomic mass is 9.81. The van der Waals surface area contributed by atoms with Gasteiger partial charge in [0.25, 0.3) is 23.6 Å². The second-order valence-electron chi connectivity index (χ2n) is 18.7. The van der Waals surface area contributed by atoms with Gasteiger partial charge in [-0.05, 0) is 107 Å². The number of hydrogen-bond acceptors (Lipinski definition) is 12. The van der Waals surface area contributed by atoms with E-state index < -0.39 is 54.1 Å². The van der Waals surface area contributed by atoms with E-state index >= 15 is 0 Å². The number of carbonyl (C=O) groups is 4. The number of benzene rings is 2. The first-order chi connectivity index (χ1) is 34.0. The Bertz CT molecular complexity index is 3030. The average molecular weight is 1010 g/mol. The highest BCUT2D eigenvalue weighted by Gasteiger charge is 2.52. The maximum absolute atomic E-state index is 12.8. The summed E-state index contributed by atoms with van der Waals surface area (Å²) in [4.78, 5) is 75.1. The minimum atomic E-state index is -4.62. The third kappa shape index (κ3) is 10.5. The smallest absolute Gasteiger partial charge is 0.399 e. The van der Waals surface area contributed by atoms with E-state index in [9.17, 15) is 45.5 Å². The van der Waals surface area contributed by atoms with Crippen molar-refractivity contribution in [3.05, 3.63) is 159 Å². The Kier molecular flexibility index (Phi) is 13.1. The number of pyridine rings is 2. The van der Waals surface area contributed by atoms with Gasteiger partial charge in [-0.3, -0.25) is 38.9 Å². The van der Waals surface area contributed by atoms with Crippen LogP contribution in [0.1, 0.15) is 141 Å². The maximum atomic E-state index is 12.8. The van der Waals surface area contributed by atoms with Crippen molar-refractivity contribution in [1.29, 1.82) is 0 Å². The lowest BCUT2D eigenvalue weighted by molar-refractivity contribution is -0.145. The van der Waals surface area contributed by atoms with Crippen LogP contribution >= 0.6 is 11.6 Å². The molecule has 2 aliphatic carbocycles. The molecule has 0 atom stereocenters. The van der Waals surface area contributed by atoms with E-state index in [4.69, 9.17) is 20.9 Å². The van der Waals surface area contributed by atoms with Gasteiger partial charge in [-0.25, -0.2) is 19.9 Å². The molecule has 3 aliphatic heterocycles. The Morgan fingerprint density at radius 2 is 0.944 bits per heavy atom. The number of carbonyl (C=O) groups excluding carboxylic acids is 4. The number of imide groups is 2. The molecule has 0 spiro atoms. The largest absolute Gasteiger partial charge is 0.498 e. The first kappa shape index (κ1) is 50.0. The van der Waals surface area contributed by atoms with Gasteiger partial charge in [0.2, 0.25) is 11.6 Å². The highest BCUT2D eigenvalue weighted by Crippen LogP contribution is 2.42. The molecule has 2 saturated carbocycles. The van der Waals surface area contributed by atoms with E-state index in [0.29, 0.717) is 61.2 Å². The van der Waals surface area contributed by atoms with Crippen LogP contribution in [0.15, 0.2) is 97.6 Å². The van der Waals surface area contributed by atoms with Crippen LogP contribution in [0.2, 0.25) is 5.02 Å². The third-order valence-electron chi connectivity index (χ3n) is 12.8. The summed E-state index contributed by atoms with van der Waals surface area (Å²) in [7, 11) is -0.757. The monoisotopic (exact) mass is 1010 g/mol. The van der Waals surface area contributed by atoms with Crippen LogP contribution in [0.4, 0.5) is 26.3 Å². The summed E-state index contributed by atoms with van der Waals surface area (Å²) in [5.41, 5.74) is 4.74. The molecule has 4 aromatic heterocycles. The van der Waals surface area contributed by atoms with Gasteiger partial charge >= 0.3 is 19.5 Å². The van der Waals surface area contributed by atoms with Gasteiger partial charge in [-0.1, -0.05) is 35.9 Å². The van der Waals surface area contributed by atoms with E-state index in [1.807, 2.05) is 33.8 Å². The number of hydrogen-bond donors (Lipinski definition) is 0. The predicted octanol–water partition coefficient (Wildman–Crippen LogP) is 9.43. The van der Waals surface area contributed by atoms with Crippen molar-refractivity contribution in [2.24, 2.45) is 0 Å². The molecule has 0 bridgehead atoms. The van der Waals surface area contributed by atoms with Crippen LogP contribution in [0.3, 0.4) is 0 Å². The predicted molar refractivity (Wildman–Crippen MR) is 248 cm³/mol. The SMILES string of the molecule is CC1(C)OB(c2cnc(C(F)(F)F)nc2)OC1(C)C.O=C1c2ccccc2C(=O)N1Cc1cc(-c2cnc(C(F)(F)F)nc2)cc(C2CC2)n1.O=C1c2ccccc2C(=O)N1Cc1cc(Cl)cc(C2CC2)n1. The molecule has 22 heteroatoms. The fourth-order valence-electron chi connectivity index (χ4n) is 7.99. The van der Waals surface area contributed by atoms with Gasteiger partial charge in [0.15, 0.2) is 0 Å². The Balaban J connectivity index is 0.000000138. The zero-order valence-electron chi connectivity index (χ0n) is 38.9. The summed E-state index contributed by atoms with van der Waals surface area (Å²) < 4.78 is 86.8. The van der Waals surface area contributed by atoms with E-state index in [1.165, 1.54) is 4.90 Å². The molecule has 7 heterocycles. The quantitative estimate of drug-likeness (QED) is 0.0805. The average Bonchev–Trinajstić information content (AvgIpc) is 4.29. The summed E-state index contributed by atoms with van der Waals surface area (Å²) in [5.74, 6) is -2.97. The molecule has 2 aromatic carbocycles. The van der Waals surface area contributed by atoms with Gasteiger partial charge in [-0.15, -0.1) is 0 Å². The maximum Gasteiger partial charge on any atom is 0.498 e. The Labute approximate surface area is 413 Å². The summed E-state index contributed by atoms with van der Waals surface area (Å²) in [6, 6.07) is 20.5. The second-order valence-corrected chi connectivity index (χ2v) is 19.2. The molecule has 5 aliphatic rings. The Morgan fingerprint density at radius 3 is 1.33 bits per heavy atom. The molecule has 3 fully saturated rings. The molecule has 0 radical (unpaired) electrons. The number of fused-ring (bicyclic) bond motifs is 2. The lowest BCUT2D eigenvalue weighted by Gasteiger charge is -2.32. The topological polar surface area (TPSA) is 171 Å². The Hall–Kier alpha value is -6.97. The molecule has 72 heavy (non-hydrogen) atoms. The molecule has 0 unspecified atom stereocenters. The van der Waals surface area contributed by atoms with Crippen molar-refractivity contribution in [2.45, 2.75) is 102 Å². The zero-order chi connectivity index (χ0) is 51.5. The fourth-order valence-corrected chi connectivity index (χ4v) is 8.22. The molecule has 4 amide bonds. The van der Waals surface area contributed by atoms with Crippen LogP contribution in [-0.4, -0.2) is 81.7 Å². The first-order valence-electron chi connectivity index (χ1n) is 22.7. The zero-order valence-corrected chi connectivity index (χ0v) is 39.6. The number of rotatable bonds is 8. The molecule has 1 saturated heterocycles. The summed E-state index contributed by atoms with van der Waals surface area (Å²) in [5, 5.41) is 0.600. The highest BCUT2D eigenvalue weighted by molar-refractivity contribution is 6.61. The summed E-state index contributed by atoms with van der Waals surface area (Å²) >= 11 is 6.14. The molecular weight excluding hydrogens is 969 g/mol. The molecule has 0 N–H and O–H groups in total. The summed E-state index contributed by atoms with van der Waals surface area (Å²) in [6.45, 7) is 7.57. The van der Waals surface area contributed by atoms with E-state index in [2.05, 4.69) is 29.9 Å². The minimum Gasteiger partial charge on any atom is -0.399 e. The molecular formula is C50H42BClF6N8O6. The standard InChI is InChI=1S/C22H15F3N4O2.C17H13ClN2O2.C11H14BF3N2O2/c23-22(24,25)21-26-9-14(10-27-21)13-7-15(28-18(8-13)12-5-6-12)11-29-19(30)16-3-1-2-4-17(16)20(29)31;18-11-7-12(19-15(8-11)10-5-6-10)9-20-16(21)13-3-1-2-4-14(13)17(20)22;1-9(2)10(3,4)19-12(18-9)7-5-16-8(17-6-7)11(13,14)15/h1-4,7-10,12H,5-6,11H2;1-4,7-8,10H,5-6,9H2;5-6H,1-4H3. The van der Waals surface area contributed by atoms with Crippen LogP contribution in [0.25, 0.3) is 11.1 Å². The molecule has 14 nitrogen and oxygen atoms in total. The number of nitrogens with zero attached hydrogens (tertiary/aromatic N) is 8. The van der Waals surface area contributed by atoms with Crippen molar-refractivity contribution in [3.8, 4) is 11.1 Å². The first-order valence-corrected chi connectivity index (χ1v) is 23.1. The van der Waals surface area contributed by atoms with Gasteiger partial charge in [0.05, 0.1) is 57.9 Å². The highest BCUT2D eigenvalue weighted by atomic mass is 35.5.